The van der Waals surface area contributed by atoms with Crippen LogP contribution in [0.15, 0.2) is 0 Å². The quantitative estimate of drug-likeness (QED) is 0.587. The highest BCUT2D eigenvalue weighted by atomic mass is 16.6. The maximum Gasteiger partial charge on any atom is 0.313 e. The number of aromatic nitrogens is 2. The Kier molecular flexibility index (Phi) is 6.13. The van der Waals surface area contributed by atoms with Crippen molar-refractivity contribution in [3.8, 4) is 0 Å². The number of aryl methyl sites for hydroxylation is 1. The van der Waals surface area contributed by atoms with Gasteiger partial charge in [-0.1, -0.05) is 34.6 Å². The molecule has 1 aromatic rings. The van der Waals surface area contributed by atoms with E-state index < -0.39 is 0 Å². The normalized spacial score (nSPS) is 12.9. The second-order valence-corrected chi connectivity index (χ2v) is 5.56. The molecule has 0 bridgehead atoms. The second kappa shape index (κ2) is 7.38. The SMILES string of the molecule is CCc1nn(CC(C)CNC(C)C)c(CC)c1[N+](=O)[O-]. The lowest BCUT2D eigenvalue weighted by Crippen LogP contribution is -2.30. The van der Waals surface area contributed by atoms with Crippen molar-refractivity contribution < 1.29 is 4.92 Å². The third-order valence-electron chi connectivity index (χ3n) is 3.31. The van der Waals surface area contributed by atoms with Crippen LogP contribution in [0.3, 0.4) is 0 Å². The molecule has 20 heavy (non-hydrogen) atoms. The zero-order valence-corrected chi connectivity index (χ0v) is 13.1. The standard InChI is InChI=1S/C14H26N4O2/c1-6-12-14(18(19)20)13(7-2)17(16-12)9-11(5)8-15-10(3)4/h10-11,15H,6-9H2,1-5H3. The first-order valence-electron chi connectivity index (χ1n) is 7.36. The molecule has 0 aromatic carbocycles. The molecule has 1 heterocycles. The monoisotopic (exact) mass is 282 g/mol. The van der Waals surface area contributed by atoms with Crippen molar-refractivity contribution in [1.82, 2.24) is 15.1 Å². The van der Waals surface area contributed by atoms with E-state index in [1.807, 2.05) is 18.5 Å². The minimum atomic E-state index is -0.293. The summed E-state index contributed by atoms with van der Waals surface area (Å²) < 4.78 is 1.82. The number of nitrogens with zero attached hydrogens (tertiary/aromatic N) is 3. The number of nitro groups is 1. The van der Waals surface area contributed by atoms with Crippen LogP contribution in [0.2, 0.25) is 0 Å². The molecule has 1 aromatic heterocycles. The molecule has 0 amide bonds. The molecule has 0 spiro atoms. The van der Waals surface area contributed by atoms with Crippen LogP contribution in [-0.2, 0) is 19.4 Å². The minimum absolute atomic E-state index is 0.207. The van der Waals surface area contributed by atoms with Crippen molar-refractivity contribution in [2.24, 2.45) is 5.92 Å². The summed E-state index contributed by atoms with van der Waals surface area (Å²) in [6.45, 7) is 11.8. The van der Waals surface area contributed by atoms with Crippen LogP contribution in [0.5, 0.6) is 0 Å². The highest BCUT2D eigenvalue weighted by molar-refractivity contribution is 5.41. The summed E-state index contributed by atoms with van der Waals surface area (Å²) in [7, 11) is 0. The third kappa shape index (κ3) is 4.03. The number of rotatable bonds is 8. The van der Waals surface area contributed by atoms with Crippen LogP contribution < -0.4 is 5.32 Å². The smallest absolute Gasteiger partial charge is 0.313 e. The van der Waals surface area contributed by atoms with Gasteiger partial charge in [0.1, 0.15) is 11.4 Å². The van der Waals surface area contributed by atoms with Crippen LogP contribution in [-0.4, -0.2) is 27.3 Å². The maximum absolute atomic E-state index is 11.2. The van der Waals surface area contributed by atoms with E-state index in [2.05, 4.69) is 31.2 Å². The first-order valence-corrected chi connectivity index (χ1v) is 7.36. The van der Waals surface area contributed by atoms with E-state index in [4.69, 9.17) is 0 Å². The lowest BCUT2D eigenvalue weighted by atomic mass is 10.1. The summed E-state index contributed by atoms with van der Waals surface area (Å²) in [5.41, 5.74) is 1.54. The first kappa shape index (κ1) is 16.6. The molecule has 0 aliphatic rings. The van der Waals surface area contributed by atoms with Crippen molar-refractivity contribution in [3.05, 3.63) is 21.5 Å². The van der Waals surface area contributed by atoms with Crippen molar-refractivity contribution in [1.29, 1.82) is 0 Å². The third-order valence-corrected chi connectivity index (χ3v) is 3.31. The van der Waals surface area contributed by atoms with Gasteiger partial charge in [0.15, 0.2) is 0 Å². The Balaban J connectivity index is 2.92. The van der Waals surface area contributed by atoms with Gasteiger partial charge in [0.25, 0.3) is 0 Å². The lowest BCUT2D eigenvalue weighted by molar-refractivity contribution is -0.386. The molecule has 1 atom stereocenters. The van der Waals surface area contributed by atoms with E-state index in [1.165, 1.54) is 0 Å². The minimum Gasteiger partial charge on any atom is -0.314 e. The lowest BCUT2D eigenvalue weighted by Gasteiger charge is -2.15. The first-order chi connectivity index (χ1) is 9.40. The molecule has 0 aliphatic carbocycles. The Bertz CT molecular complexity index is 454. The highest BCUT2D eigenvalue weighted by Crippen LogP contribution is 2.25. The molecule has 6 heteroatoms. The predicted octanol–water partition coefficient (Wildman–Crippen LogP) is 2.55. The van der Waals surface area contributed by atoms with Crippen molar-refractivity contribution in [3.63, 3.8) is 0 Å². The van der Waals surface area contributed by atoms with Gasteiger partial charge in [-0.3, -0.25) is 14.8 Å². The van der Waals surface area contributed by atoms with E-state index in [-0.39, 0.29) is 10.6 Å². The predicted molar refractivity (Wildman–Crippen MR) is 79.9 cm³/mol. The second-order valence-electron chi connectivity index (χ2n) is 5.56. The van der Waals surface area contributed by atoms with Crippen LogP contribution in [0.4, 0.5) is 5.69 Å². The Morgan fingerprint density at radius 3 is 2.40 bits per heavy atom. The fourth-order valence-corrected chi connectivity index (χ4v) is 2.29. The van der Waals surface area contributed by atoms with Crippen molar-refractivity contribution in [2.45, 2.75) is 60.0 Å². The van der Waals surface area contributed by atoms with E-state index in [0.717, 1.165) is 12.2 Å². The van der Waals surface area contributed by atoms with Crippen LogP contribution in [0.1, 0.15) is 46.0 Å². The largest absolute Gasteiger partial charge is 0.314 e. The maximum atomic E-state index is 11.2. The summed E-state index contributed by atoms with van der Waals surface area (Å²) in [4.78, 5) is 10.9. The molecule has 0 radical (unpaired) electrons. The van der Waals surface area contributed by atoms with Gasteiger partial charge >= 0.3 is 5.69 Å². The number of nitrogens with one attached hydrogen (secondary N) is 1. The summed E-state index contributed by atoms with van der Waals surface area (Å²) in [5, 5.41) is 19.0. The van der Waals surface area contributed by atoms with E-state index >= 15 is 0 Å². The van der Waals surface area contributed by atoms with Crippen LogP contribution >= 0.6 is 0 Å². The molecule has 0 fully saturated rings. The Morgan fingerprint density at radius 1 is 1.30 bits per heavy atom. The van der Waals surface area contributed by atoms with Gasteiger partial charge in [-0.05, 0) is 25.3 Å². The molecule has 114 valence electrons. The summed E-state index contributed by atoms with van der Waals surface area (Å²) in [6, 6.07) is 0.446. The molecule has 0 saturated heterocycles. The van der Waals surface area contributed by atoms with Gasteiger partial charge in [-0.2, -0.15) is 5.10 Å². The summed E-state index contributed by atoms with van der Waals surface area (Å²) in [6.07, 6.45) is 1.22. The Hall–Kier alpha value is -1.43. The summed E-state index contributed by atoms with van der Waals surface area (Å²) in [5.74, 6) is 0.381. The summed E-state index contributed by atoms with van der Waals surface area (Å²) >= 11 is 0. The number of hydrogen-bond acceptors (Lipinski definition) is 4. The molecule has 1 unspecified atom stereocenters. The van der Waals surface area contributed by atoms with E-state index in [1.54, 1.807) is 0 Å². The Morgan fingerprint density at radius 2 is 1.95 bits per heavy atom. The van der Waals surface area contributed by atoms with Crippen molar-refractivity contribution >= 4 is 5.69 Å². The molecule has 0 saturated carbocycles. The van der Waals surface area contributed by atoms with Gasteiger partial charge < -0.3 is 5.32 Å². The van der Waals surface area contributed by atoms with Crippen LogP contribution in [0, 0.1) is 16.0 Å². The highest BCUT2D eigenvalue weighted by Gasteiger charge is 2.25. The van der Waals surface area contributed by atoms with Gasteiger partial charge in [0.2, 0.25) is 0 Å². The van der Waals surface area contributed by atoms with E-state index in [0.29, 0.717) is 37.0 Å². The van der Waals surface area contributed by atoms with Gasteiger partial charge in [-0.15, -0.1) is 0 Å². The zero-order valence-electron chi connectivity index (χ0n) is 13.1. The molecular weight excluding hydrogens is 256 g/mol. The molecular formula is C14H26N4O2. The van der Waals surface area contributed by atoms with E-state index in [9.17, 15) is 10.1 Å². The Labute approximate surface area is 120 Å². The number of hydrogen-bond donors (Lipinski definition) is 1. The average molecular weight is 282 g/mol. The molecule has 1 N–H and O–H groups in total. The molecule has 1 rings (SSSR count). The zero-order chi connectivity index (χ0) is 15.3. The fourth-order valence-electron chi connectivity index (χ4n) is 2.29. The van der Waals surface area contributed by atoms with Crippen LogP contribution in [0.25, 0.3) is 0 Å². The fraction of sp³-hybridized carbons (Fsp3) is 0.786. The molecule has 0 aliphatic heterocycles. The van der Waals surface area contributed by atoms with Gasteiger partial charge in [0.05, 0.1) is 4.92 Å². The average Bonchev–Trinajstić information content (AvgIpc) is 2.73. The van der Waals surface area contributed by atoms with Crippen molar-refractivity contribution in [2.75, 3.05) is 6.54 Å². The van der Waals surface area contributed by atoms with Gasteiger partial charge in [0, 0.05) is 12.6 Å². The topological polar surface area (TPSA) is 73.0 Å². The van der Waals surface area contributed by atoms with Gasteiger partial charge in [-0.25, -0.2) is 0 Å². The molecule has 6 nitrogen and oxygen atoms in total.